The van der Waals surface area contributed by atoms with E-state index in [-0.39, 0.29) is 28.3 Å². The maximum absolute atomic E-state index is 2.40. The fraction of sp³-hybridized carbons (Fsp3) is 0.846. The van der Waals surface area contributed by atoms with E-state index in [0.29, 0.717) is 10.3 Å². The minimum atomic E-state index is 0. The summed E-state index contributed by atoms with van der Waals surface area (Å²) in [5.41, 5.74) is 1.45. The normalized spacial score (nSPS) is 12.3. The molecular formula is C13H27PPd. The molecule has 0 aromatic carbocycles. The Balaban J connectivity index is 0. The summed E-state index contributed by atoms with van der Waals surface area (Å²) in [7, 11) is 0.0484. The standard InChI is InChI=1S/C13H27P.Pd/c1-11(2)9-10-14(12(3,4)5)13(6,7)8;/h9H,10H2,1-8H3;. The van der Waals surface area contributed by atoms with E-state index in [1.54, 1.807) is 0 Å². The maximum atomic E-state index is 2.40. The zero-order chi connectivity index (χ0) is 11.6. The zero-order valence-corrected chi connectivity index (χ0v) is 14.0. The molecule has 94 valence electrons. The first-order chi connectivity index (χ1) is 6.05. The van der Waals surface area contributed by atoms with Gasteiger partial charge in [0.2, 0.25) is 0 Å². The minimum Gasteiger partial charge on any atom is -0.0918 e. The summed E-state index contributed by atoms with van der Waals surface area (Å²) in [5.74, 6) is 0. The van der Waals surface area contributed by atoms with Crippen LogP contribution < -0.4 is 0 Å². The van der Waals surface area contributed by atoms with Gasteiger partial charge in [-0.25, -0.2) is 0 Å². The van der Waals surface area contributed by atoms with Gasteiger partial charge in [0.05, 0.1) is 0 Å². The number of hydrogen-bond acceptors (Lipinski definition) is 0. The molecule has 0 unspecified atom stereocenters. The van der Waals surface area contributed by atoms with Crippen LogP contribution in [0, 0.1) is 0 Å². The molecule has 0 heterocycles. The Hall–Kier alpha value is 0.832. The Labute approximate surface area is 112 Å². The van der Waals surface area contributed by atoms with Crippen molar-refractivity contribution in [1.29, 1.82) is 0 Å². The Kier molecular flexibility index (Phi) is 7.94. The van der Waals surface area contributed by atoms with Gasteiger partial charge in [0.1, 0.15) is 0 Å². The van der Waals surface area contributed by atoms with Crippen LogP contribution in [-0.4, -0.2) is 16.5 Å². The second-order valence-corrected chi connectivity index (χ2v) is 10.1. The van der Waals surface area contributed by atoms with Crippen LogP contribution in [0.1, 0.15) is 55.4 Å². The molecule has 0 aliphatic rings. The van der Waals surface area contributed by atoms with Crippen LogP contribution >= 0.6 is 7.92 Å². The van der Waals surface area contributed by atoms with E-state index in [1.165, 1.54) is 11.7 Å². The number of allylic oxidation sites excluding steroid dienone is 2. The van der Waals surface area contributed by atoms with Gasteiger partial charge in [-0.1, -0.05) is 61.1 Å². The third-order valence-electron chi connectivity index (χ3n) is 2.30. The summed E-state index contributed by atoms with van der Waals surface area (Å²) in [6.07, 6.45) is 3.67. The van der Waals surface area contributed by atoms with Crippen molar-refractivity contribution in [3.8, 4) is 0 Å². The summed E-state index contributed by atoms with van der Waals surface area (Å²) in [6.45, 7) is 18.7. The second-order valence-electron chi connectivity index (χ2n) is 6.23. The second kappa shape index (κ2) is 6.54. The fourth-order valence-electron chi connectivity index (χ4n) is 1.83. The van der Waals surface area contributed by atoms with E-state index in [2.05, 4.69) is 61.5 Å². The van der Waals surface area contributed by atoms with E-state index in [4.69, 9.17) is 0 Å². The largest absolute Gasteiger partial charge is 0.0918 e. The van der Waals surface area contributed by atoms with E-state index >= 15 is 0 Å². The molecule has 0 rings (SSSR count). The smallest absolute Gasteiger partial charge is 0 e. The molecule has 0 N–H and O–H groups in total. The summed E-state index contributed by atoms with van der Waals surface area (Å²) in [5, 5.41) is 0.916. The summed E-state index contributed by atoms with van der Waals surface area (Å²) in [4.78, 5) is 0. The predicted octanol–water partition coefficient (Wildman–Crippen LogP) is 5.03. The van der Waals surface area contributed by atoms with Crippen LogP contribution in [0.3, 0.4) is 0 Å². The average Bonchev–Trinajstić information content (AvgIpc) is 1.78. The molecule has 0 fully saturated rings. The quantitative estimate of drug-likeness (QED) is 0.380. The van der Waals surface area contributed by atoms with Crippen LogP contribution in [0.5, 0.6) is 0 Å². The molecule has 0 amide bonds. The van der Waals surface area contributed by atoms with Crippen LogP contribution in [0.25, 0.3) is 0 Å². The van der Waals surface area contributed by atoms with Gasteiger partial charge in [-0.15, -0.1) is 0 Å². The molecule has 0 radical (unpaired) electrons. The molecule has 0 aliphatic carbocycles. The molecule has 0 spiro atoms. The molecule has 0 aliphatic heterocycles. The molecule has 0 atom stereocenters. The van der Waals surface area contributed by atoms with Crippen LogP contribution in [0.4, 0.5) is 0 Å². The van der Waals surface area contributed by atoms with Gasteiger partial charge in [-0.2, -0.15) is 0 Å². The van der Waals surface area contributed by atoms with Gasteiger partial charge in [0.25, 0.3) is 0 Å². The van der Waals surface area contributed by atoms with Crippen molar-refractivity contribution in [2.24, 2.45) is 0 Å². The third kappa shape index (κ3) is 7.68. The van der Waals surface area contributed by atoms with Crippen molar-refractivity contribution in [3.63, 3.8) is 0 Å². The number of hydrogen-bond donors (Lipinski definition) is 0. The Morgan fingerprint density at radius 1 is 0.933 bits per heavy atom. The maximum Gasteiger partial charge on any atom is 0 e. The third-order valence-corrected chi connectivity index (χ3v) is 6.09. The van der Waals surface area contributed by atoms with Gasteiger partial charge < -0.3 is 0 Å². The van der Waals surface area contributed by atoms with Gasteiger partial charge in [-0.3, -0.25) is 0 Å². The van der Waals surface area contributed by atoms with Crippen molar-refractivity contribution >= 4 is 7.92 Å². The van der Waals surface area contributed by atoms with Crippen molar-refractivity contribution in [2.45, 2.75) is 65.7 Å². The van der Waals surface area contributed by atoms with Crippen molar-refractivity contribution in [1.82, 2.24) is 0 Å². The summed E-state index contributed by atoms with van der Waals surface area (Å²) >= 11 is 0. The first-order valence-electron chi connectivity index (χ1n) is 5.46. The Bertz CT molecular complexity index is 188. The fourth-order valence-corrected chi connectivity index (χ4v) is 5.48. The molecule has 2 heteroatoms. The zero-order valence-electron chi connectivity index (χ0n) is 11.5. The summed E-state index contributed by atoms with van der Waals surface area (Å²) < 4.78 is 0. The van der Waals surface area contributed by atoms with Crippen molar-refractivity contribution < 1.29 is 20.4 Å². The van der Waals surface area contributed by atoms with E-state index in [0.717, 1.165) is 0 Å². The molecular weight excluding hydrogens is 294 g/mol. The molecule has 15 heavy (non-hydrogen) atoms. The van der Waals surface area contributed by atoms with Crippen molar-refractivity contribution in [3.05, 3.63) is 11.6 Å². The van der Waals surface area contributed by atoms with Crippen LogP contribution in [-0.2, 0) is 20.4 Å². The van der Waals surface area contributed by atoms with Gasteiger partial charge in [0.15, 0.2) is 0 Å². The number of rotatable bonds is 2. The van der Waals surface area contributed by atoms with Gasteiger partial charge >= 0.3 is 0 Å². The molecule has 0 nitrogen and oxygen atoms in total. The predicted molar refractivity (Wildman–Crippen MR) is 70.7 cm³/mol. The molecule has 0 saturated carbocycles. The first-order valence-corrected chi connectivity index (χ1v) is 6.99. The Morgan fingerprint density at radius 3 is 1.47 bits per heavy atom. The van der Waals surface area contributed by atoms with E-state index in [9.17, 15) is 0 Å². The average molecular weight is 321 g/mol. The Morgan fingerprint density at radius 2 is 1.27 bits per heavy atom. The van der Waals surface area contributed by atoms with E-state index in [1.807, 2.05) is 0 Å². The summed E-state index contributed by atoms with van der Waals surface area (Å²) in [6, 6.07) is 0. The molecule has 0 saturated heterocycles. The topological polar surface area (TPSA) is 0 Å². The van der Waals surface area contributed by atoms with Crippen LogP contribution in [0.15, 0.2) is 11.6 Å². The monoisotopic (exact) mass is 320 g/mol. The van der Waals surface area contributed by atoms with Crippen LogP contribution in [0.2, 0.25) is 0 Å². The SMILES string of the molecule is CC(C)=CCP(C(C)(C)C)C(C)(C)C.[Pd]. The van der Waals surface area contributed by atoms with Crippen molar-refractivity contribution in [2.75, 3.05) is 6.16 Å². The molecule has 0 aromatic heterocycles. The molecule has 0 bridgehead atoms. The molecule has 0 aromatic rings. The van der Waals surface area contributed by atoms with Gasteiger partial charge in [-0.05, 0) is 30.3 Å². The van der Waals surface area contributed by atoms with Gasteiger partial charge in [0, 0.05) is 20.4 Å². The minimum absolute atomic E-state index is 0. The first kappa shape index (κ1) is 18.2. The van der Waals surface area contributed by atoms with E-state index < -0.39 is 0 Å².